The van der Waals surface area contributed by atoms with E-state index in [-0.39, 0.29) is 18.8 Å². The maximum atomic E-state index is 11.3. The lowest BCUT2D eigenvalue weighted by Crippen LogP contribution is -2.07. The number of carbonyl (C=O) groups excluding carboxylic acids is 1. The fraction of sp³-hybridized carbons (Fsp3) is 0.533. The van der Waals surface area contributed by atoms with E-state index in [4.69, 9.17) is 18.9 Å². The number of rotatable bonds is 8. The summed E-state index contributed by atoms with van der Waals surface area (Å²) in [5, 5.41) is 10.2. The molecule has 21 heavy (non-hydrogen) atoms. The predicted octanol–water partition coefficient (Wildman–Crippen LogP) is 2.09. The summed E-state index contributed by atoms with van der Waals surface area (Å²) in [7, 11) is 4.52. The van der Waals surface area contributed by atoms with Crippen molar-refractivity contribution in [1.82, 2.24) is 0 Å². The predicted molar refractivity (Wildman–Crippen MR) is 76.9 cm³/mol. The lowest BCUT2D eigenvalue weighted by atomic mass is 10.0. The highest BCUT2D eigenvalue weighted by atomic mass is 16.5. The molecule has 0 heterocycles. The molecule has 0 saturated heterocycles. The van der Waals surface area contributed by atoms with Gasteiger partial charge in [-0.3, -0.25) is 4.79 Å². The Hall–Kier alpha value is -1.95. The zero-order chi connectivity index (χ0) is 15.8. The van der Waals surface area contributed by atoms with E-state index < -0.39 is 6.10 Å². The molecule has 0 radical (unpaired) electrons. The minimum Gasteiger partial charge on any atom is -0.493 e. The molecule has 0 aromatic heterocycles. The van der Waals surface area contributed by atoms with Crippen molar-refractivity contribution in [3.8, 4) is 17.2 Å². The molecule has 0 fully saturated rings. The summed E-state index contributed by atoms with van der Waals surface area (Å²) >= 11 is 0. The summed E-state index contributed by atoms with van der Waals surface area (Å²) < 4.78 is 20.5. The second-order valence-electron chi connectivity index (χ2n) is 4.32. The molecule has 6 nitrogen and oxygen atoms in total. The van der Waals surface area contributed by atoms with Crippen LogP contribution in [-0.2, 0) is 9.53 Å². The van der Waals surface area contributed by atoms with Crippen LogP contribution in [0.15, 0.2) is 12.1 Å². The molecule has 1 atom stereocenters. The zero-order valence-electron chi connectivity index (χ0n) is 12.8. The standard InChI is InChI=1S/C15H22O6/c1-5-21-14(17)7-6-11(16)10-8-12(18-2)15(20-4)13(9-10)19-3/h8-9,11,16H,5-7H2,1-4H3. The van der Waals surface area contributed by atoms with Crippen molar-refractivity contribution in [1.29, 1.82) is 0 Å². The third-order valence-corrected chi connectivity index (χ3v) is 3.00. The topological polar surface area (TPSA) is 74.2 Å². The Kier molecular flexibility index (Phi) is 6.81. The smallest absolute Gasteiger partial charge is 0.305 e. The summed E-state index contributed by atoms with van der Waals surface area (Å²) in [4.78, 5) is 11.3. The van der Waals surface area contributed by atoms with E-state index in [9.17, 15) is 9.90 Å². The molecule has 1 rings (SSSR count). The van der Waals surface area contributed by atoms with E-state index in [2.05, 4.69) is 0 Å². The van der Waals surface area contributed by atoms with Gasteiger partial charge >= 0.3 is 5.97 Å². The third-order valence-electron chi connectivity index (χ3n) is 3.00. The van der Waals surface area contributed by atoms with Gasteiger partial charge in [-0.1, -0.05) is 0 Å². The zero-order valence-corrected chi connectivity index (χ0v) is 12.8. The van der Waals surface area contributed by atoms with Crippen molar-refractivity contribution in [3.63, 3.8) is 0 Å². The molecule has 118 valence electrons. The highest BCUT2D eigenvalue weighted by Gasteiger charge is 2.18. The number of aliphatic hydroxyl groups is 1. The minimum atomic E-state index is -0.817. The van der Waals surface area contributed by atoms with Gasteiger partial charge in [0.1, 0.15) is 0 Å². The van der Waals surface area contributed by atoms with Gasteiger partial charge in [0.2, 0.25) is 5.75 Å². The van der Waals surface area contributed by atoms with E-state index in [1.165, 1.54) is 21.3 Å². The number of hydrogen-bond acceptors (Lipinski definition) is 6. The highest BCUT2D eigenvalue weighted by molar-refractivity contribution is 5.69. The van der Waals surface area contributed by atoms with Crippen LogP contribution in [0, 0.1) is 0 Å². The molecule has 0 saturated carbocycles. The normalized spacial score (nSPS) is 11.7. The van der Waals surface area contributed by atoms with Crippen LogP contribution in [0.1, 0.15) is 31.4 Å². The van der Waals surface area contributed by atoms with Gasteiger partial charge in [0.15, 0.2) is 11.5 Å². The lowest BCUT2D eigenvalue weighted by molar-refractivity contribution is -0.143. The van der Waals surface area contributed by atoms with Crippen LogP contribution in [-0.4, -0.2) is 39.0 Å². The molecule has 6 heteroatoms. The number of carbonyl (C=O) groups is 1. The van der Waals surface area contributed by atoms with Crippen LogP contribution in [0.5, 0.6) is 17.2 Å². The van der Waals surface area contributed by atoms with Gasteiger partial charge < -0.3 is 24.1 Å². The summed E-state index contributed by atoms with van der Waals surface area (Å²) in [5.74, 6) is 1.05. The Morgan fingerprint density at radius 3 is 2.14 bits per heavy atom. The summed E-state index contributed by atoms with van der Waals surface area (Å²) in [6, 6.07) is 3.33. The Balaban J connectivity index is 2.89. The van der Waals surface area contributed by atoms with Crippen LogP contribution in [0.4, 0.5) is 0 Å². The molecule has 1 aromatic rings. The first-order chi connectivity index (χ1) is 10.1. The van der Waals surface area contributed by atoms with Gasteiger partial charge in [-0.2, -0.15) is 0 Å². The Morgan fingerprint density at radius 1 is 1.14 bits per heavy atom. The van der Waals surface area contributed by atoms with E-state index in [1.807, 2.05) is 0 Å². The van der Waals surface area contributed by atoms with E-state index in [0.29, 0.717) is 29.4 Å². The van der Waals surface area contributed by atoms with Crippen molar-refractivity contribution in [2.24, 2.45) is 0 Å². The van der Waals surface area contributed by atoms with Gasteiger partial charge in [0.05, 0.1) is 34.0 Å². The van der Waals surface area contributed by atoms with Crippen LogP contribution >= 0.6 is 0 Å². The van der Waals surface area contributed by atoms with E-state index in [1.54, 1.807) is 19.1 Å². The van der Waals surface area contributed by atoms with Crippen LogP contribution in [0.2, 0.25) is 0 Å². The van der Waals surface area contributed by atoms with Crippen molar-refractivity contribution in [2.75, 3.05) is 27.9 Å². The summed E-state index contributed by atoms with van der Waals surface area (Å²) in [5.41, 5.74) is 0.591. The maximum absolute atomic E-state index is 11.3. The average Bonchev–Trinajstić information content (AvgIpc) is 2.51. The number of aliphatic hydroxyl groups excluding tert-OH is 1. The van der Waals surface area contributed by atoms with Crippen molar-refractivity contribution in [2.45, 2.75) is 25.9 Å². The molecule has 0 spiro atoms. The van der Waals surface area contributed by atoms with Crippen molar-refractivity contribution in [3.05, 3.63) is 17.7 Å². The molecule has 0 bridgehead atoms. The molecule has 1 aromatic carbocycles. The minimum absolute atomic E-state index is 0.145. The van der Waals surface area contributed by atoms with Crippen molar-refractivity contribution >= 4 is 5.97 Å². The number of hydrogen-bond donors (Lipinski definition) is 1. The number of methoxy groups -OCH3 is 3. The van der Waals surface area contributed by atoms with Gasteiger partial charge in [0, 0.05) is 6.42 Å². The first-order valence-electron chi connectivity index (χ1n) is 6.70. The van der Waals surface area contributed by atoms with Crippen LogP contribution < -0.4 is 14.2 Å². The second kappa shape index (κ2) is 8.36. The average molecular weight is 298 g/mol. The van der Waals surface area contributed by atoms with Gasteiger partial charge in [-0.05, 0) is 31.0 Å². The fourth-order valence-electron chi connectivity index (χ4n) is 1.95. The number of ether oxygens (including phenoxy) is 4. The molecule has 0 aliphatic rings. The fourth-order valence-corrected chi connectivity index (χ4v) is 1.95. The highest BCUT2D eigenvalue weighted by Crippen LogP contribution is 2.40. The summed E-state index contributed by atoms with van der Waals surface area (Å²) in [6.45, 7) is 2.08. The first-order valence-corrected chi connectivity index (χ1v) is 6.70. The number of esters is 1. The van der Waals surface area contributed by atoms with Gasteiger partial charge in [0.25, 0.3) is 0 Å². The maximum Gasteiger partial charge on any atom is 0.305 e. The Bertz CT molecular complexity index is 446. The molecule has 0 aliphatic heterocycles. The van der Waals surface area contributed by atoms with Crippen LogP contribution in [0.3, 0.4) is 0 Å². The Labute approximate surface area is 124 Å². The van der Waals surface area contributed by atoms with Gasteiger partial charge in [-0.25, -0.2) is 0 Å². The molecular weight excluding hydrogens is 276 g/mol. The molecule has 1 unspecified atom stereocenters. The van der Waals surface area contributed by atoms with Crippen molar-refractivity contribution < 1.29 is 28.8 Å². The van der Waals surface area contributed by atoms with Crippen LogP contribution in [0.25, 0.3) is 0 Å². The summed E-state index contributed by atoms with van der Waals surface area (Å²) in [6.07, 6.45) is -0.411. The van der Waals surface area contributed by atoms with E-state index >= 15 is 0 Å². The monoisotopic (exact) mass is 298 g/mol. The molecule has 0 amide bonds. The van der Waals surface area contributed by atoms with Gasteiger partial charge in [-0.15, -0.1) is 0 Å². The SMILES string of the molecule is CCOC(=O)CCC(O)c1cc(OC)c(OC)c(OC)c1. The van der Waals surface area contributed by atoms with E-state index in [0.717, 1.165) is 0 Å². The molecule has 0 aliphatic carbocycles. The largest absolute Gasteiger partial charge is 0.493 e. The quantitative estimate of drug-likeness (QED) is 0.741. The first kappa shape index (κ1) is 17.1. The molecular formula is C15H22O6. The molecule has 1 N–H and O–H groups in total. The number of benzene rings is 1. The lowest BCUT2D eigenvalue weighted by Gasteiger charge is -2.17. The third kappa shape index (κ3) is 4.53. The second-order valence-corrected chi connectivity index (χ2v) is 4.32. The Morgan fingerprint density at radius 2 is 1.71 bits per heavy atom.